The first-order valence-electron chi connectivity index (χ1n) is 3.65. The number of esters is 2. The maximum atomic E-state index is 10.9. The highest BCUT2D eigenvalue weighted by Gasteiger charge is 2.20. The molecule has 6 nitrogen and oxygen atoms in total. The van der Waals surface area contributed by atoms with Crippen molar-refractivity contribution in [1.29, 1.82) is 0 Å². The van der Waals surface area contributed by atoms with Gasteiger partial charge in [-0.2, -0.15) is 0 Å². The van der Waals surface area contributed by atoms with E-state index in [0.29, 0.717) is 0 Å². The van der Waals surface area contributed by atoms with Gasteiger partial charge in [0.2, 0.25) is 0 Å². The Balaban J connectivity index is 3.85. The second-order valence-corrected chi connectivity index (χ2v) is 2.26. The van der Waals surface area contributed by atoms with Crippen LogP contribution in [0, 0.1) is 0 Å². The van der Waals surface area contributed by atoms with Gasteiger partial charge in [-0.1, -0.05) is 0 Å². The van der Waals surface area contributed by atoms with Crippen molar-refractivity contribution in [2.75, 3.05) is 14.2 Å². The second-order valence-electron chi connectivity index (χ2n) is 2.26. The van der Waals surface area contributed by atoms with Crippen LogP contribution in [-0.4, -0.2) is 32.3 Å². The predicted molar refractivity (Wildman–Crippen MR) is 42.3 cm³/mol. The first-order chi connectivity index (χ1) is 6.15. The van der Waals surface area contributed by atoms with E-state index in [1.54, 1.807) is 0 Å². The van der Waals surface area contributed by atoms with Crippen molar-refractivity contribution >= 4 is 11.9 Å². The fourth-order valence-electron chi connectivity index (χ4n) is 0.724. The molecule has 1 unspecified atom stereocenters. The molecule has 1 atom stereocenters. The number of methoxy groups -OCH3 is 2. The van der Waals surface area contributed by atoms with E-state index in [9.17, 15) is 9.59 Å². The van der Waals surface area contributed by atoms with E-state index >= 15 is 0 Å². The molecule has 0 aromatic carbocycles. The van der Waals surface area contributed by atoms with E-state index in [1.807, 2.05) is 0 Å². The maximum absolute atomic E-state index is 10.9. The SMILES string of the molecule is COC(=O)CCC(ON)C(=O)OC. The summed E-state index contributed by atoms with van der Waals surface area (Å²) in [6.45, 7) is 0. The molecule has 0 aromatic rings. The minimum atomic E-state index is -0.913. The van der Waals surface area contributed by atoms with E-state index in [2.05, 4.69) is 14.3 Å². The highest BCUT2D eigenvalue weighted by Crippen LogP contribution is 2.03. The van der Waals surface area contributed by atoms with E-state index in [1.165, 1.54) is 14.2 Å². The third-order valence-corrected chi connectivity index (χ3v) is 1.47. The molecule has 0 saturated carbocycles. The van der Waals surface area contributed by atoms with Gasteiger partial charge in [0.15, 0.2) is 6.10 Å². The Morgan fingerprint density at radius 3 is 2.31 bits per heavy atom. The number of hydrogen-bond donors (Lipinski definition) is 1. The molecule has 2 N–H and O–H groups in total. The van der Waals surface area contributed by atoms with Crippen LogP contribution in [0.3, 0.4) is 0 Å². The topological polar surface area (TPSA) is 87.9 Å². The van der Waals surface area contributed by atoms with Crippen LogP contribution < -0.4 is 5.90 Å². The van der Waals surface area contributed by atoms with Gasteiger partial charge in [-0.05, 0) is 6.42 Å². The highest BCUT2D eigenvalue weighted by atomic mass is 16.6. The van der Waals surface area contributed by atoms with Gasteiger partial charge in [-0.25, -0.2) is 10.7 Å². The molecule has 0 aromatic heterocycles. The number of carbonyl (C=O) groups excluding carboxylic acids is 2. The lowest BCUT2D eigenvalue weighted by Crippen LogP contribution is -2.29. The van der Waals surface area contributed by atoms with Crippen molar-refractivity contribution in [3.05, 3.63) is 0 Å². The highest BCUT2D eigenvalue weighted by molar-refractivity contribution is 5.76. The molecular weight excluding hydrogens is 178 g/mol. The largest absolute Gasteiger partial charge is 0.469 e. The molecule has 0 heterocycles. The first-order valence-corrected chi connectivity index (χ1v) is 3.65. The van der Waals surface area contributed by atoms with Crippen LogP contribution in [-0.2, 0) is 23.9 Å². The fraction of sp³-hybridized carbons (Fsp3) is 0.714. The van der Waals surface area contributed by atoms with Crippen molar-refractivity contribution in [3.8, 4) is 0 Å². The van der Waals surface area contributed by atoms with E-state index in [-0.39, 0.29) is 12.8 Å². The molecule has 0 saturated heterocycles. The molecule has 0 bridgehead atoms. The van der Waals surface area contributed by atoms with Crippen LogP contribution in [0.4, 0.5) is 0 Å². The summed E-state index contributed by atoms with van der Waals surface area (Å²) in [5.41, 5.74) is 0. The predicted octanol–water partition coefficient (Wildman–Crippen LogP) is -0.628. The standard InChI is InChI=1S/C7H13NO5/c1-11-6(9)4-3-5(13-8)7(10)12-2/h5H,3-4,8H2,1-2H3. The Morgan fingerprint density at radius 2 is 1.92 bits per heavy atom. The summed E-state index contributed by atoms with van der Waals surface area (Å²) < 4.78 is 8.74. The zero-order chi connectivity index (χ0) is 10.3. The number of rotatable bonds is 5. The molecule has 0 aliphatic rings. The summed E-state index contributed by atoms with van der Waals surface area (Å²) in [4.78, 5) is 25.9. The lowest BCUT2D eigenvalue weighted by molar-refractivity contribution is -0.155. The van der Waals surface area contributed by atoms with Crippen molar-refractivity contribution < 1.29 is 23.9 Å². The van der Waals surface area contributed by atoms with E-state index in [0.717, 1.165) is 0 Å². The quantitative estimate of drug-likeness (QED) is 0.460. The third-order valence-electron chi connectivity index (χ3n) is 1.47. The third kappa shape index (κ3) is 4.44. The van der Waals surface area contributed by atoms with E-state index in [4.69, 9.17) is 5.90 Å². The van der Waals surface area contributed by atoms with Crippen molar-refractivity contribution in [2.24, 2.45) is 5.90 Å². The Bertz CT molecular complexity index is 182. The summed E-state index contributed by atoms with van der Waals surface area (Å²) in [7, 11) is 2.48. The van der Waals surface area contributed by atoms with Gasteiger partial charge in [0.05, 0.1) is 14.2 Å². The Kier molecular flexibility index (Phi) is 5.82. The molecule has 76 valence electrons. The second kappa shape index (κ2) is 6.38. The Labute approximate surface area is 75.9 Å². The zero-order valence-electron chi connectivity index (χ0n) is 7.61. The Hall–Kier alpha value is -1.14. The van der Waals surface area contributed by atoms with Gasteiger partial charge in [-0.3, -0.25) is 9.63 Å². The molecular formula is C7H13NO5. The first kappa shape index (κ1) is 11.9. The number of hydrogen-bond acceptors (Lipinski definition) is 6. The van der Waals surface area contributed by atoms with Crippen LogP contribution in [0.1, 0.15) is 12.8 Å². The van der Waals surface area contributed by atoms with Crippen LogP contribution in [0.25, 0.3) is 0 Å². The van der Waals surface area contributed by atoms with Crippen LogP contribution in [0.2, 0.25) is 0 Å². The molecule has 0 aliphatic carbocycles. The van der Waals surface area contributed by atoms with E-state index < -0.39 is 18.0 Å². The number of ether oxygens (including phenoxy) is 2. The van der Waals surface area contributed by atoms with Gasteiger partial charge in [-0.15, -0.1) is 0 Å². The smallest absolute Gasteiger partial charge is 0.337 e. The average Bonchev–Trinajstić information content (AvgIpc) is 2.17. The molecule has 0 fully saturated rings. The average molecular weight is 191 g/mol. The minimum Gasteiger partial charge on any atom is -0.469 e. The molecule has 0 spiro atoms. The lowest BCUT2D eigenvalue weighted by Gasteiger charge is -2.10. The van der Waals surface area contributed by atoms with Crippen LogP contribution in [0.5, 0.6) is 0 Å². The van der Waals surface area contributed by atoms with Gasteiger partial charge in [0, 0.05) is 6.42 Å². The number of nitrogens with two attached hydrogens (primary N) is 1. The van der Waals surface area contributed by atoms with Crippen LogP contribution in [0.15, 0.2) is 0 Å². The molecule has 6 heteroatoms. The fourth-order valence-corrected chi connectivity index (χ4v) is 0.724. The molecule has 0 amide bonds. The van der Waals surface area contributed by atoms with Gasteiger partial charge < -0.3 is 9.47 Å². The lowest BCUT2D eigenvalue weighted by atomic mass is 10.2. The monoisotopic (exact) mass is 191 g/mol. The van der Waals surface area contributed by atoms with Crippen molar-refractivity contribution in [3.63, 3.8) is 0 Å². The maximum Gasteiger partial charge on any atom is 0.337 e. The molecule has 0 rings (SSSR count). The van der Waals surface area contributed by atoms with Gasteiger partial charge >= 0.3 is 11.9 Å². The summed E-state index contributed by atoms with van der Waals surface area (Å²) in [5, 5.41) is 0. The molecule has 0 aliphatic heterocycles. The van der Waals surface area contributed by atoms with Crippen molar-refractivity contribution in [2.45, 2.75) is 18.9 Å². The normalized spacial score (nSPS) is 11.9. The summed E-state index contributed by atoms with van der Waals surface area (Å²) in [5.74, 6) is 3.79. The summed E-state index contributed by atoms with van der Waals surface area (Å²) >= 11 is 0. The zero-order valence-corrected chi connectivity index (χ0v) is 7.61. The van der Waals surface area contributed by atoms with Crippen LogP contribution >= 0.6 is 0 Å². The minimum absolute atomic E-state index is 0.0630. The van der Waals surface area contributed by atoms with Crippen molar-refractivity contribution in [1.82, 2.24) is 0 Å². The molecule has 13 heavy (non-hydrogen) atoms. The molecule has 0 radical (unpaired) electrons. The van der Waals surface area contributed by atoms with Gasteiger partial charge in [0.1, 0.15) is 0 Å². The van der Waals surface area contributed by atoms with Gasteiger partial charge in [0.25, 0.3) is 0 Å². The summed E-state index contributed by atoms with van der Waals surface area (Å²) in [6.07, 6.45) is -0.701. The number of carbonyl (C=O) groups is 2. The Morgan fingerprint density at radius 1 is 1.31 bits per heavy atom. The summed E-state index contributed by atoms with van der Waals surface area (Å²) in [6, 6.07) is 0.